The van der Waals surface area contributed by atoms with Crippen molar-refractivity contribution in [1.82, 2.24) is 9.88 Å². The first-order chi connectivity index (χ1) is 13.1. The van der Waals surface area contributed by atoms with Crippen LogP contribution in [0.4, 0.5) is 0 Å². The Bertz CT molecular complexity index is 982. The number of hydrogen-bond acceptors (Lipinski definition) is 4. The number of carbonyl (C=O) groups is 1. The van der Waals surface area contributed by atoms with Crippen LogP contribution >= 0.6 is 0 Å². The number of aliphatic hydroxyl groups is 1. The number of pyridine rings is 1. The predicted octanol–water partition coefficient (Wildman–Crippen LogP) is 2.56. The fourth-order valence-electron chi connectivity index (χ4n) is 2.95. The summed E-state index contributed by atoms with van der Waals surface area (Å²) in [6.07, 6.45) is 0. The molecule has 0 bridgehead atoms. The SMILES string of the molecule is CCOc1ccc2[nH]c(=O)c(CN(CCO)C(=O)c3ccccc3)cc2c1. The molecule has 140 valence electrons. The normalized spacial score (nSPS) is 10.7. The summed E-state index contributed by atoms with van der Waals surface area (Å²) in [4.78, 5) is 29.5. The van der Waals surface area contributed by atoms with Gasteiger partial charge < -0.3 is 19.7 Å². The molecule has 3 rings (SSSR count). The van der Waals surface area contributed by atoms with Crippen molar-refractivity contribution in [3.8, 4) is 5.75 Å². The molecule has 1 aromatic heterocycles. The minimum Gasteiger partial charge on any atom is -0.494 e. The van der Waals surface area contributed by atoms with Crippen molar-refractivity contribution in [3.05, 3.63) is 76.1 Å². The van der Waals surface area contributed by atoms with E-state index < -0.39 is 0 Å². The highest BCUT2D eigenvalue weighted by molar-refractivity contribution is 5.94. The van der Waals surface area contributed by atoms with Gasteiger partial charge in [0.25, 0.3) is 11.5 Å². The van der Waals surface area contributed by atoms with Gasteiger partial charge in [-0.15, -0.1) is 0 Å². The number of ether oxygens (including phenoxy) is 1. The molecule has 0 aliphatic rings. The molecule has 1 heterocycles. The van der Waals surface area contributed by atoms with Crippen LogP contribution in [0, 0.1) is 0 Å². The van der Waals surface area contributed by atoms with Crippen LogP contribution in [0.3, 0.4) is 0 Å². The molecule has 0 fully saturated rings. The Morgan fingerprint density at radius 1 is 1.15 bits per heavy atom. The summed E-state index contributed by atoms with van der Waals surface area (Å²) in [5.74, 6) is 0.489. The van der Waals surface area contributed by atoms with Gasteiger partial charge in [0.05, 0.1) is 19.8 Å². The highest BCUT2D eigenvalue weighted by Crippen LogP contribution is 2.20. The summed E-state index contributed by atoms with van der Waals surface area (Å²) in [6, 6.07) is 16.0. The molecule has 0 aliphatic heterocycles. The molecule has 0 unspecified atom stereocenters. The maximum atomic E-state index is 12.7. The lowest BCUT2D eigenvalue weighted by molar-refractivity contribution is 0.0707. The quantitative estimate of drug-likeness (QED) is 0.673. The number of benzene rings is 2. The number of nitrogens with one attached hydrogen (secondary N) is 1. The van der Waals surface area contributed by atoms with Crippen molar-refractivity contribution < 1.29 is 14.6 Å². The van der Waals surface area contributed by atoms with Gasteiger partial charge in [0, 0.05) is 28.6 Å². The van der Waals surface area contributed by atoms with Crippen molar-refractivity contribution in [1.29, 1.82) is 0 Å². The van der Waals surface area contributed by atoms with E-state index in [0.29, 0.717) is 23.3 Å². The van der Waals surface area contributed by atoms with Crippen LogP contribution in [0.2, 0.25) is 0 Å². The van der Waals surface area contributed by atoms with Crippen molar-refractivity contribution in [2.45, 2.75) is 13.5 Å². The maximum absolute atomic E-state index is 12.7. The number of aliphatic hydroxyl groups excluding tert-OH is 1. The van der Waals surface area contributed by atoms with Crippen molar-refractivity contribution >= 4 is 16.8 Å². The van der Waals surface area contributed by atoms with Gasteiger partial charge in [-0.1, -0.05) is 18.2 Å². The lowest BCUT2D eigenvalue weighted by Crippen LogP contribution is -2.35. The Morgan fingerprint density at radius 3 is 2.63 bits per heavy atom. The fraction of sp³-hybridized carbons (Fsp3) is 0.238. The second-order valence-electron chi connectivity index (χ2n) is 6.12. The zero-order chi connectivity index (χ0) is 19.2. The second kappa shape index (κ2) is 8.51. The number of rotatable bonds is 7. The van der Waals surface area contributed by atoms with Gasteiger partial charge in [0.1, 0.15) is 5.75 Å². The van der Waals surface area contributed by atoms with E-state index in [2.05, 4.69) is 4.98 Å². The van der Waals surface area contributed by atoms with Gasteiger partial charge in [-0.05, 0) is 43.3 Å². The number of H-pyrrole nitrogens is 1. The molecule has 0 saturated carbocycles. The van der Waals surface area contributed by atoms with Gasteiger partial charge in [-0.2, -0.15) is 0 Å². The minimum atomic E-state index is -0.254. The van der Waals surface area contributed by atoms with E-state index in [1.165, 1.54) is 4.90 Å². The number of nitrogens with zero attached hydrogens (tertiary/aromatic N) is 1. The van der Waals surface area contributed by atoms with Crippen molar-refractivity contribution in [2.24, 2.45) is 0 Å². The Hall–Kier alpha value is -3.12. The number of aromatic nitrogens is 1. The number of hydrogen-bond donors (Lipinski definition) is 2. The first-order valence-electron chi connectivity index (χ1n) is 8.86. The summed E-state index contributed by atoms with van der Waals surface area (Å²) in [5, 5.41) is 10.2. The summed E-state index contributed by atoms with van der Waals surface area (Å²) in [7, 11) is 0. The summed E-state index contributed by atoms with van der Waals surface area (Å²) in [6.45, 7) is 2.53. The molecule has 6 nitrogen and oxygen atoms in total. The monoisotopic (exact) mass is 366 g/mol. The molecule has 0 spiro atoms. The first-order valence-corrected chi connectivity index (χ1v) is 8.86. The lowest BCUT2D eigenvalue weighted by Gasteiger charge is -2.22. The third-order valence-corrected chi connectivity index (χ3v) is 4.24. The molecule has 2 aromatic carbocycles. The molecule has 0 atom stereocenters. The molecule has 0 radical (unpaired) electrons. The average Bonchev–Trinajstić information content (AvgIpc) is 2.68. The summed E-state index contributed by atoms with van der Waals surface area (Å²) in [5.41, 5.74) is 1.42. The van der Waals surface area contributed by atoms with E-state index in [1.54, 1.807) is 42.5 Å². The zero-order valence-electron chi connectivity index (χ0n) is 15.1. The van der Waals surface area contributed by atoms with Crippen molar-refractivity contribution in [3.63, 3.8) is 0 Å². The van der Waals surface area contributed by atoms with E-state index in [-0.39, 0.29) is 31.2 Å². The van der Waals surface area contributed by atoms with Crippen LogP contribution in [0.1, 0.15) is 22.8 Å². The topological polar surface area (TPSA) is 82.6 Å². The minimum absolute atomic E-state index is 0.110. The molecular weight excluding hydrogens is 344 g/mol. The maximum Gasteiger partial charge on any atom is 0.254 e. The van der Waals surface area contributed by atoms with E-state index in [4.69, 9.17) is 4.74 Å². The van der Waals surface area contributed by atoms with Crippen LogP contribution < -0.4 is 10.3 Å². The van der Waals surface area contributed by atoms with Crippen LogP contribution in [0.25, 0.3) is 10.9 Å². The van der Waals surface area contributed by atoms with Crippen LogP contribution in [0.15, 0.2) is 59.4 Å². The molecule has 27 heavy (non-hydrogen) atoms. The molecule has 6 heteroatoms. The Balaban J connectivity index is 1.93. The Labute approximate surface area is 157 Å². The predicted molar refractivity (Wildman–Crippen MR) is 104 cm³/mol. The molecule has 1 amide bonds. The number of aromatic amines is 1. The zero-order valence-corrected chi connectivity index (χ0v) is 15.1. The third kappa shape index (κ3) is 4.35. The van der Waals surface area contributed by atoms with E-state index in [0.717, 1.165) is 11.1 Å². The molecule has 2 N–H and O–H groups in total. The lowest BCUT2D eigenvalue weighted by atomic mass is 10.1. The van der Waals surface area contributed by atoms with Crippen molar-refractivity contribution in [2.75, 3.05) is 19.8 Å². The van der Waals surface area contributed by atoms with E-state index in [1.807, 2.05) is 19.1 Å². The van der Waals surface area contributed by atoms with Gasteiger partial charge in [-0.3, -0.25) is 9.59 Å². The highest BCUT2D eigenvalue weighted by atomic mass is 16.5. The standard InChI is InChI=1S/C21H22N2O4/c1-2-27-18-8-9-19-16(13-18)12-17(20(25)22-19)14-23(10-11-24)21(26)15-6-4-3-5-7-15/h3-9,12-13,24H,2,10-11,14H2,1H3,(H,22,25). The fourth-order valence-corrected chi connectivity index (χ4v) is 2.95. The average molecular weight is 366 g/mol. The Kier molecular flexibility index (Phi) is 5.88. The first kappa shape index (κ1) is 18.7. The largest absolute Gasteiger partial charge is 0.494 e. The number of carbonyl (C=O) groups excluding carboxylic acids is 1. The molecule has 3 aromatic rings. The van der Waals surface area contributed by atoms with E-state index in [9.17, 15) is 14.7 Å². The van der Waals surface area contributed by atoms with Gasteiger partial charge in [0.15, 0.2) is 0 Å². The summed E-state index contributed by atoms with van der Waals surface area (Å²) >= 11 is 0. The molecular formula is C21H22N2O4. The van der Waals surface area contributed by atoms with Gasteiger partial charge in [-0.25, -0.2) is 0 Å². The molecule has 0 saturated heterocycles. The number of amides is 1. The summed E-state index contributed by atoms with van der Waals surface area (Å²) < 4.78 is 5.51. The smallest absolute Gasteiger partial charge is 0.254 e. The third-order valence-electron chi connectivity index (χ3n) is 4.24. The van der Waals surface area contributed by atoms with Crippen LogP contribution in [-0.4, -0.2) is 40.7 Å². The molecule has 0 aliphatic carbocycles. The second-order valence-corrected chi connectivity index (χ2v) is 6.12. The number of fused-ring (bicyclic) bond motifs is 1. The Morgan fingerprint density at radius 2 is 1.93 bits per heavy atom. The van der Waals surface area contributed by atoms with Gasteiger partial charge in [0.2, 0.25) is 0 Å². The highest BCUT2D eigenvalue weighted by Gasteiger charge is 2.17. The van der Waals surface area contributed by atoms with Crippen LogP contribution in [-0.2, 0) is 6.54 Å². The van der Waals surface area contributed by atoms with E-state index >= 15 is 0 Å². The van der Waals surface area contributed by atoms with Crippen LogP contribution in [0.5, 0.6) is 5.75 Å². The van der Waals surface area contributed by atoms with Gasteiger partial charge >= 0.3 is 0 Å².